The number of benzene rings is 2. The van der Waals surface area contributed by atoms with Crippen molar-refractivity contribution < 1.29 is 4.79 Å². The van der Waals surface area contributed by atoms with E-state index >= 15 is 0 Å². The standard InChI is InChI=1S/C23H26Cl2O/c24-13-5-1-3-7-17-9-11-19-20-12-10-18(8-4-2-6-14-25)16-22(20)23(26)21(19)15-17/h9-12,15-16H,1-8,13-14H2. The molecule has 0 saturated heterocycles. The first-order chi connectivity index (χ1) is 12.7. The van der Waals surface area contributed by atoms with Crippen LogP contribution in [-0.2, 0) is 12.8 Å². The lowest BCUT2D eigenvalue weighted by molar-refractivity contribution is 0.104. The van der Waals surface area contributed by atoms with E-state index in [4.69, 9.17) is 23.2 Å². The van der Waals surface area contributed by atoms with Crippen molar-refractivity contribution in [2.75, 3.05) is 11.8 Å². The minimum absolute atomic E-state index is 0.181. The van der Waals surface area contributed by atoms with Gasteiger partial charge in [0.05, 0.1) is 0 Å². The summed E-state index contributed by atoms with van der Waals surface area (Å²) in [5.74, 6) is 1.64. The summed E-state index contributed by atoms with van der Waals surface area (Å²) in [6.07, 6.45) is 8.68. The number of rotatable bonds is 10. The maximum atomic E-state index is 12.9. The summed E-state index contributed by atoms with van der Waals surface area (Å²) in [6.45, 7) is 0. The van der Waals surface area contributed by atoms with Gasteiger partial charge in [-0.3, -0.25) is 4.79 Å². The van der Waals surface area contributed by atoms with Crippen molar-refractivity contribution >= 4 is 29.0 Å². The van der Waals surface area contributed by atoms with Gasteiger partial charge in [0.1, 0.15) is 0 Å². The van der Waals surface area contributed by atoms with Crippen molar-refractivity contribution in [3.63, 3.8) is 0 Å². The topological polar surface area (TPSA) is 17.1 Å². The first kappa shape index (κ1) is 19.5. The van der Waals surface area contributed by atoms with Crippen molar-refractivity contribution in [2.24, 2.45) is 0 Å². The zero-order valence-electron chi connectivity index (χ0n) is 15.2. The maximum Gasteiger partial charge on any atom is 0.194 e. The lowest BCUT2D eigenvalue weighted by Gasteiger charge is -2.05. The predicted octanol–water partition coefficient (Wildman–Crippen LogP) is 6.80. The van der Waals surface area contributed by atoms with Crippen LogP contribution in [0.15, 0.2) is 36.4 Å². The molecule has 0 aromatic heterocycles. The Hall–Kier alpha value is -1.31. The second-order valence-electron chi connectivity index (χ2n) is 7.09. The molecular weight excluding hydrogens is 363 g/mol. The van der Waals surface area contributed by atoms with E-state index < -0.39 is 0 Å². The third-order valence-corrected chi connectivity index (χ3v) is 5.68. The molecule has 0 fully saturated rings. The number of carbonyl (C=O) groups excluding carboxylic acids is 1. The molecule has 0 N–H and O–H groups in total. The van der Waals surface area contributed by atoms with Crippen molar-refractivity contribution in [3.8, 4) is 11.1 Å². The molecule has 3 heteroatoms. The van der Waals surface area contributed by atoms with Crippen LogP contribution in [0.25, 0.3) is 11.1 Å². The Balaban J connectivity index is 1.71. The second-order valence-corrected chi connectivity index (χ2v) is 7.84. The van der Waals surface area contributed by atoms with Crippen LogP contribution < -0.4 is 0 Å². The number of aryl methyl sites for hydroxylation is 2. The largest absolute Gasteiger partial charge is 0.289 e. The van der Waals surface area contributed by atoms with E-state index in [1.165, 1.54) is 11.1 Å². The highest BCUT2D eigenvalue weighted by Crippen LogP contribution is 2.37. The van der Waals surface area contributed by atoms with Crippen LogP contribution in [0.1, 0.15) is 65.6 Å². The number of halogens is 2. The molecule has 26 heavy (non-hydrogen) atoms. The Morgan fingerprint density at radius 3 is 1.46 bits per heavy atom. The molecule has 2 aromatic rings. The average molecular weight is 389 g/mol. The fourth-order valence-corrected chi connectivity index (χ4v) is 4.06. The fraction of sp³-hybridized carbons (Fsp3) is 0.435. The third kappa shape index (κ3) is 4.50. The average Bonchev–Trinajstić information content (AvgIpc) is 2.94. The van der Waals surface area contributed by atoms with Crippen LogP contribution in [0.2, 0.25) is 0 Å². The van der Waals surface area contributed by atoms with E-state index in [-0.39, 0.29) is 5.78 Å². The first-order valence-electron chi connectivity index (χ1n) is 9.67. The van der Waals surface area contributed by atoms with Crippen LogP contribution in [0.3, 0.4) is 0 Å². The quantitative estimate of drug-likeness (QED) is 0.275. The minimum Gasteiger partial charge on any atom is -0.289 e. The van der Waals surface area contributed by atoms with E-state index in [0.29, 0.717) is 0 Å². The van der Waals surface area contributed by atoms with E-state index in [2.05, 4.69) is 36.4 Å². The molecule has 0 aliphatic heterocycles. The second kappa shape index (κ2) is 9.58. The number of hydrogen-bond acceptors (Lipinski definition) is 1. The molecule has 3 rings (SSSR count). The highest BCUT2D eigenvalue weighted by Gasteiger charge is 2.26. The summed E-state index contributed by atoms with van der Waals surface area (Å²) in [7, 11) is 0. The van der Waals surface area contributed by atoms with Gasteiger partial charge >= 0.3 is 0 Å². The molecule has 0 heterocycles. The Morgan fingerprint density at radius 1 is 0.577 bits per heavy atom. The number of unbranched alkanes of at least 4 members (excludes halogenated alkanes) is 4. The third-order valence-electron chi connectivity index (χ3n) is 5.15. The van der Waals surface area contributed by atoms with Gasteiger partial charge < -0.3 is 0 Å². The van der Waals surface area contributed by atoms with Crippen molar-refractivity contribution in [1.82, 2.24) is 0 Å². The summed E-state index contributed by atoms with van der Waals surface area (Å²) < 4.78 is 0. The molecular formula is C23H26Cl2O. The summed E-state index contributed by atoms with van der Waals surface area (Å²) in [4.78, 5) is 12.9. The molecule has 0 amide bonds. The summed E-state index contributed by atoms with van der Waals surface area (Å²) >= 11 is 11.5. The van der Waals surface area contributed by atoms with Gasteiger partial charge in [0, 0.05) is 22.9 Å². The Bertz CT molecular complexity index is 703. The van der Waals surface area contributed by atoms with E-state index in [1.54, 1.807) is 0 Å². The van der Waals surface area contributed by atoms with Gasteiger partial charge in [-0.05, 0) is 72.9 Å². The minimum atomic E-state index is 0.181. The van der Waals surface area contributed by atoms with E-state index in [0.717, 1.165) is 85.4 Å². The number of fused-ring (bicyclic) bond motifs is 3. The first-order valence-corrected chi connectivity index (χ1v) is 10.7. The zero-order valence-corrected chi connectivity index (χ0v) is 16.7. The van der Waals surface area contributed by atoms with Crippen LogP contribution in [-0.4, -0.2) is 17.5 Å². The zero-order chi connectivity index (χ0) is 18.4. The van der Waals surface area contributed by atoms with Gasteiger partial charge in [-0.2, -0.15) is 0 Å². The lowest BCUT2D eigenvalue weighted by Crippen LogP contribution is -1.98. The summed E-state index contributed by atoms with van der Waals surface area (Å²) in [5, 5.41) is 0. The molecule has 1 nitrogen and oxygen atoms in total. The van der Waals surface area contributed by atoms with Crippen molar-refractivity contribution in [3.05, 3.63) is 58.7 Å². The summed E-state index contributed by atoms with van der Waals surface area (Å²) in [5.41, 5.74) is 6.41. The van der Waals surface area contributed by atoms with Crippen LogP contribution >= 0.6 is 23.2 Å². The maximum absolute atomic E-state index is 12.9. The molecule has 0 unspecified atom stereocenters. The van der Waals surface area contributed by atoms with Crippen LogP contribution in [0.4, 0.5) is 0 Å². The predicted molar refractivity (Wildman–Crippen MR) is 112 cm³/mol. The van der Waals surface area contributed by atoms with Crippen molar-refractivity contribution in [1.29, 1.82) is 0 Å². The molecule has 0 bridgehead atoms. The monoisotopic (exact) mass is 388 g/mol. The Morgan fingerprint density at radius 2 is 1.04 bits per heavy atom. The van der Waals surface area contributed by atoms with Gasteiger partial charge in [-0.15, -0.1) is 23.2 Å². The van der Waals surface area contributed by atoms with E-state index in [1.807, 2.05) is 0 Å². The fourth-order valence-electron chi connectivity index (χ4n) is 3.69. The van der Waals surface area contributed by atoms with Crippen molar-refractivity contribution in [2.45, 2.75) is 51.4 Å². The number of alkyl halides is 2. The highest BCUT2D eigenvalue weighted by molar-refractivity contribution is 6.21. The molecule has 138 valence electrons. The number of carbonyl (C=O) groups is 1. The molecule has 0 atom stereocenters. The lowest BCUT2D eigenvalue weighted by atomic mass is 9.99. The van der Waals surface area contributed by atoms with Gasteiger partial charge in [0.25, 0.3) is 0 Å². The number of ketones is 1. The van der Waals surface area contributed by atoms with Crippen LogP contribution in [0.5, 0.6) is 0 Å². The Labute approximate surface area is 166 Å². The van der Waals surface area contributed by atoms with Gasteiger partial charge in [-0.1, -0.05) is 37.1 Å². The van der Waals surface area contributed by atoms with E-state index in [9.17, 15) is 4.79 Å². The summed E-state index contributed by atoms with van der Waals surface area (Å²) in [6, 6.07) is 12.8. The van der Waals surface area contributed by atoms with Gasteiger partial charge in [-0.25, -0.2) is 0 Å². The normalized spacial score (nSPS) is 12.3. The molecule has 0 radical (unpaired) electrons. The SMILES string of the molecule is O=C1c2cc(CCCCCCl)ccc2-c2ccc(CCCCCCl)cc21. The van der Waals surface area contributed by atoms with Gasteiger partial charge in [0.2, 0.25) is 0 Å². The molecule has 2 aromatic carbocycles. The molecule has 1 aliphatic rings. The highest BCUT2D eigenvalue weighted by atomic mass is 35.5. The number of hydrogen-bond donors (Lipinski definition) is 0. The van der Waals surface area contributed by atoms with Gasteiger partial charge in [0.15, 0.2) is 5.78 Å². The Kier molecular flexibility index (Phi) is 7.16. The molecule has 0 saturated carbocycles. The molecule has 1 aliphatic carbocycles. The smallest absolute Gasteiger partial charge is 0.194 e. The van der Waals surface area contributed by atoms with Crippen LogP contribution in [0, 0.1) is 0 Å². The molecule has 0 spiro atoms.